The highest BCUT2D eigenvalue weighted by Gasteiger charge is 2.17. The van der Waals surface area contributed by atoms with Crippen LogP contribution in [-0.4, -0.2) is 13.4 Å². The summed E-state index contributed by atoms with van der Waals surface area (Å²) >= 11 is 0. The molecule has 0 aliphatic heterocycles. The molecule has 3 aromatic rings. The van der Waals surface area contributed by atoms with Crippen molar-refractivity contribution >= 4 is 9.84 Å². The van der Waals surface area contributed by atoms with Gasteiger partial charge >= 0.3 is 0 Å². The molecular formula is C18H16FNO3S. The Morgan fingerprint density at radius 3 is 2.62 bits per heavy atom. The molecule has 4 nitrogen and oxygen atoms in total. The number of benzene rings is 2. The van der Waals surface area contributed by atoms with E-state index in [1.165, 1.54) is 18.4 Å². The number of nitrogens with zero attached hydrogens (tertiary/aromatic N) is 1. The van der Waals surface area contributed by atoms with Gasteiger partial charge in [0.25, 0.3) is 0 Å². The topological polar surface area (TPSA) is 60.2 Å². The zero-order valence-corrected chi connectivity index (χ0v) is 13.9. The molecule has 0 bridgehead atoms. The van der Waals surface area contributed by atoms with Gasteiger partial charge in [-0.15, -0.1) is 0 Å². The number of hydrogen-bond acceptors (Lipinski definition) is 4. The van der Waals surface area contributed by atoms with Crippen molar-refractivity contribution in [3.63, 3.8) is 0 Å². The van der Waals surface area contributed by atoms with Gasteiger partial charge in [0.05, 0.1) is 17.2 Å². The average molecular weight is 345 g/mol. The van der Waals surface area contributed by atoms with E-state index in [-0.39, 0.29) is 17.4 Å². The number of rotatable bonds is 5. The van der Waals surface area contributed by atoms with Crippen LogP contribution in [0, 0.1) is 12.7 Å². The van der Waals surface area contributed by atoms with Gasteiger partial charge in [0, 0.05) is 5.56 Å². The minimum absolute atomic E-state index is 0.0537. The van der Waals surface area contributed by atoms with E-state index in [9.17, 15) is 12.8 Å². The standard InChI is InChI=1S/C18H16FNO3S/c1-13-5-2-3-6-15(13)11-24(21,22)12-17-10-23-18(20-17)14-7-4-8-16(19)9-14/h2-10H,11-12H2,1H3. The predicted octanol–water partition coefficient (Wildman–Crippen LogP) is 3.90. The molecule has 0 fully saturated rings. The van der Waals surface area contributed by atoms with Crippen LogP contribution in [-0.2, 0) is 21.3 Å². The fourth-order valence-corrected chi connectivity index (χ4v) is 3.90. The highest BCUT2D eigenvalue weighted by Crippen LogP contribution is 2.21. The van der Waals surface area contributed by atoms with Gasteiger partial charge in [-0.05, 0) is 36.2 Å². The van der Waals surface area contributed by atoms with Gasteiger partial charge < -0.3 is 4.42 Å². The molecule has 0 unspecified atom stereocenters. The molecule has 0 spiro atoms. The Morgan fingerprint density at radius 2 is 1.88 bits per heavy atom. The lowest BCUT2D eigenvalue weighted by atomic mass is 10.1. The molecule has 0 aliphatic carbocycles. The maximum absolute atomic E-state index is 13.2. The smallest absolute Gasteiger partial charge is 0.226 e. The van der Waals surface area contributed by atoms with Gasteiger partial charge in [-0.3, -0.25) is 0 Å². The molecule has 1 heterocycles. The van der Waals surface area contributed by atoms with E-state index in [2.05, 4.69) is 4.98 Å². The molecule has 0 aliphatic rings. The summed E-state index contributed by atoms with van der Waals surface area (Å²) in [5, 5.41) is 0. The highest BCUT2D eigenvalue weighted by molar-refractivity contribution is 7.89. The first-order valence-electron chi connectivity index (χ1n) is 7.38. The Kier molecular flexibility index (Phi) is 4.49. The highest BCUT2D eigenvalue weighted by atomic mass is 32.2. The fraction of sp³-hybridized carbons (Fsp3) is 0.167. The monoisotopic (exact) mass is 345 g/mol. The first-order chi connectivity index (χ1) is 11.4. The van der Waals surface area contributed by atoms with Gasteiger partial charge in [0.1, 0.15) is 12.1 Å². The fourth-order valence-electron chi connectivity index (χ4n) is 2.41. The average Bonchev–Trinajstić information content (AvgIpc) is 2.97. The minimum atomic E-state index is -3.38. The van der Waals surface area contributed by atoms with Gasteiger partial charge in [0.15, 0.2) is 9.84 Å². The molecule has 0 saturated heterocycles. The van der Waals surface area contributed by atoms with Crippen molar-refractivity contribution in [1.29, 1.82) is 0 Å². The lowest BCUT2D eigenvalue weighted by molar-refractivity contribution is 0.570. The lowest BCUT2D eigenvalue weighted by Gasteiger charge is -2.05. The summed E-state index contributed by atoms with van der Waals surface area (Å²) in [6, 6.07) is 13.2. The zero-order valence-electron chi connectivity index (χ0n) is 13.1. The summed E-state index contributed by atoms with van der Waals surface area (Å²) in [5.41, 5.74) is 2.48. The van der Waals surface area contributed by atoms with Crippen LogP contribution in [0.15, 0.2) is 59.2 Å². The molecule has 24 heavy (non-hydrogen) atoms. The van der Waals surface area contributed by atoms with Crippen LogP contribution in [0.3, 0.4) is 0 Å². The van der Waals surface area contributed by atoms with E-state index in [4.69, 9.17) is 4.42 Å². The molecule has 6 heteroatoms. The third kappa shape index (κ3) is 3.89. The first kappa shape index (κ1) is 16.4. The van der Waals surface area contributed by atoms with E-state index in [1.807, 2.05) is 25.1 Å². The lowest BCUT2D eigenvalue weighted by Crippen LogP contribution is -2.08. The van der Waals surface area contributed by atoms with Crippen molar-refractivity contribution in [2.75, 3.05) is 0 Å². The van der Waals surface area contributed by atoms with Gasteiger partial charge in [-0.1, -0.05) is 30.3 Å². The van der Waals surface area contributed by atoms with Gasteiger partial charge in [0.2, 0.25) is 5.89 Å². The Balaban J connectivity index is 1.78. The molecule has 0 N–H and O–H groups in total. The van der Waals surface area contributed by atoms with Crippen molar-refractivity contribution in [3.8, 4) is 11.5 Å². The van der Waals surface area contributed by atoms with Crippen LogP contribution < -0.4 is 0 Å². The molecule has 3 rings (SSSR count). The Labute approximate surface area is 139 Å². The molecule has 0 radical (unpaired) electrons. The Morgan fingerprint density at radius 1 is 1.08 bits per heavy atom. The SMILES string of the molecule is Cc1ccccc1CS(=O)(=O)Cc1coc(-c2cccc(F)c2)n1. The third-order valence-corrected chi connectivity index (χ3v) is 5.11. The van der Waals surface area contributed by atoms with Crippen LogP contribution in [0.2, 0.25) is 0 Å². The van der Waals surface area contributed by atoms with Crippen molar-refractivity contribution in [3.05, 3.63) is 77.4 Å². The largest absolute Gasteiger partial charge is 0.444 e. The summed E-state index contributed by atoms with van der Waals surface area (Å²) in [5.74, 6) is -0.475. The van der Waals surface area contributed by atoms with Crippen LogP contribution in [0.5, 0.6) is 0 Å². The number of aryl methyl sites for hydroxylation is 1. The van der Waals surface area contributed by atoms with Gasteiger partial charge in [-0.2, -0.15) is 0 Å². The second-order valence-electron chi connectivity index (χ2n) is 5.61. The summed E-state index contributed by atoms with van der Waals surface area (Å²) in [6.07, 6.45) is 1.30. The van der Waals surface area contributed by atoms with Crippen molar-refractivity contribution in [2.24, 2.45) is 0 Å². The summed E-state index contributed by atoms with van der Waals surface area (Å²) < 4.78 is 43.3. The van der Waals surface area contributed by atoms with E-state index < -0.39 is 15.7 Å². The summed E-state index contributed by atoms with van der Waals surface area (Å²) in [6.45, 7) is 1.88. The van der Waals surface area contributed by atoms with Gasteiger partial charge in [-0.25, -0.2) is 17.8 Å². The first-order valence-corrected chi connectivity index (χ1v) is 9.20. The molecular weight excluding hydrogens is 329 g/mol. The number of aromatic nitrogens is 1. The quantitative estimate of drug-likeness (QED) is 0.703. The molecule has 0 atom stereocenters. The molecule has 124 valence electrons. The van der Waals surface area contributed by atoms with E-state index in [1.54, 1.807) is 18.2 Å². The molecule has 2 aromatic carbocycles. The van der Waals surface area contributed by atoms with E-state index >= 15 is 0 Å². The van der Waals surface area contributed by atoms with E-state index in [0.29, 0.717) is 11.3 Å². The molecule has 1 aromatic heterocycles. The third-order valence-electron chi connectivity index (χ3n) is 3.63. The van der Waals surface area contributed by atoms with Crippen molar-refractivity contribution in [2.45, 2.75) is 18.4 Å². The number of hydrogen-bond donors (Lipinski definition) is 0. The normalized spacial score (nSPS) is 11.6. The van der Waals surface area contributed by atoms with Crippen LogP contribution in [0.4, 0.5) is 4.39 Å². The van der Waals surface area contributed by atoms with E-state index in [0.717, 1.165) is 11.1 Å². The van der Waals surface area contributed by atoms with Crippen LogP contribution >= 0.6 is 0 Å². The predicted molar refractivity (Wildman–Crippen MR) is 89.4 cm³/mol. The summed E-state index contributed by atoms with van der Waals surface area (Å²) in [4.78, 5) is 4.16. The zero-order chi connectivity index (χ0) is 17.2. The Hall–Kier alpha value is -2.47. The second-order valence-corrected chi connectivity index (χ2v) is 7.68. The summed E-state index contributed by atoms with van der Waals surface area (Å²) in [7, 11) is -3.38. The Bertz CT molecular complexity index is 964. The van der Waals surface area contributed by atoms with Crippen LogP contribution in [0.1, 0.15) is 16.8 Å². The van der Waals surface area contributed by atoms with Crippen LogP contribution in [0.25, 0.3) is 11.5 Å². The second kappa shape index (κ2) is 6.57. The number of sulfone groups is 1. The number of halogens is 1. The van der Waals surface area contributed by atoms with Crippen molar-refractivity contribution < 1.29 is 17.2 Å². The maximum atomic E-state index is 13.2. The minimum Gasteiger partial charge on any atom is -0.444 e. The van der Waals surface area contributed by atoms with Crippen molar-refractivity contribution in [1.82, 2.24) is 4.98 Å². The number of oxazole rings is 1. The molecule has 0 saturated carbocycles. The maximum Gasteiger partial charge on any atom is 0.226 e. The molecule has 0 amide bonds.